The summed E-state index contributed by atoms with van der Waals surface area (Å²) in [6.45, 7) is 2.23. The van der Waals surface area contributed by atoms with E-state index in [1.807, 2.05) is 12.1 Å². The Hall–Kier alpha value is -1.06. The molecular formula is C15H23BO2. The van der Waals surface area contributed by atoms with Crippen LogP contribution in [0.1, 0.15) is 50.2 Å². The first kappa shape index (κ1) is 15.0. The van der Waals surface area contributed by atoms with Crippen molar-refractivity contribution in [2.24, 2.45) is 0 Å². The zero-order valence-electron chi connectivity index (χ0n) is 11.2. The van der Waals surface area contributed by atoms with Gasteiger partial charge in [-0.15, -0.1) is 0 Å². The molecule has 0 fully saturated rings. The molecule has 1 aromatic carbocycles. The van der Waals surface area contributed by atoms with Crippen molar-refractivity contribution in [3.05, 3.63) is 41.4 Å². The number of benzene rings is 1. The largest absolute Gasteiger partial charge is 0.480 e. The average molecular weight is 246 g/mol. The minimum atomic E-state index is -1.37. The number of hydrogen-bond acceptors (Lipinski definition) is 2. The Labute approximate surface area is 111 Å². The molecule has 1 aromatic rings. The molecule has 0 saturated carbocycles. The van der Waals surface area contributed by atoms with Crippen molar-refractivity contribution in [1.29, 1.82) is 0 Å². The van der Waals surface area contributed by atoms with E-state index in [-0.39, 0.29) is 0 Å². The fourth-order valence-electron chi connectivity index (χ4n) is 1.93. The first-order valence-corrected chi connectivity index (χ1v) is 6.85. The van der Waals surface area contributed by atoms with Crippen molar-refractivity contribution in [3.63, 3.8) is 0 Å². The summed E-state index contributed by atoms with van der Waals surface area (Å²) in [6.07, 6.45) is 9.39. The van der Waals surface area contributed by atoms with Gasteiger partial charge in [-0.2, -0.15) is 0 Å². The molecule has 0 bridgehead atoms. The second kappa shape index (κ2) is 8.95. The lowest BCUT2D eigenvalue weighted by atomic mass is 9.90. The molecule has 2 nitrogen and oxygen atoms in total. The summed E-state index contributed by atoms with van der Waals surface area (Å²) >= 11 is 0. The van der Waals surface area contributed by atoms with Gasteiger partial charge in [-0.05, 0) is 24.0 Å². The molecule has 2 N–H and O–H groups in total. The molecule has 0 atom stereocenters. The van der Waals surface area contributed by atoms with Crippen LogP contribution >= 0.6 is 0 Å². The smallest absolute Gasteiger partial charge is 0.424 e. The van der Waals surface area contributed by atoms with Crippen LogP contribution in [0.2, 0.25) is 0 Å². The maximum Gasteiger partial charge on any atom is 0.480 e. The summed E-state index contributed by atoms with van der Waals surface area (Å²) in [7, 11) is -1.37. The fraction of sp³-hybridized carbons (Fsp3) is 0.467. The highest BCUT2D eigenvalue weighted by Crippen LogP contribution is 2.11. The minimum Gasteiger partial charge on any atom is -0.424 e. The molecule has 0 aliphatic carbocycles. The van der Waals surface area contributed by atoms with E-state index in [1.165, 1.54) is 43.6 Å². The molecule has 98 valence electrons. The molecule has 18 heavy (non-hydrogen) atoms. The van der Waals surface area contributed by atoms with Gasteiger partial charge in [0.2, 0.25) is 0 Å². The maximum atomic E-state index is 8.72. The number of hydrogen-bond donors (Lipinski definition) is 2. The lowest BCUT2D eigenvalue weighted by Crippen LogP contribution is -2.05. The average Bonchev–Trinajstić information content (AvgIpc) is 2.37. The standard InChI is InChI=1S/C15H23BO2/c1-2-3-4-5-6-7-14-8-10-15(11-9-14)12-13-16(17)18/h8-13,17-18H,2-7H2,1H3/b13-12+. The van der Waals surface area contributed by atoms with Gasteiger partial charge in [-0.1, -0.05) is 68.9 Å². The Morgan fingerprint density at radius 3 is 2.28 bits per heavy atom. The number of unbranched alkanes of at least 4 members (excludes halogenated alkanes) is 4. The van der Waals surface area contributed by atoms with Crippen molar-refractivity contribution in [1.82, 2.24) is 0 Å². The van der Waals surface area contributed by atoms with Crippen LogP contribution in [-0.2, 0) is 6.42 Å². The Bertz CT molecular complexity index is 344. The van der Waals surface area contributed by atoms with Crippen LogP contribution in [0.4, 0.5) is 0 Å². The van der Waals surface area contributed by atoms with E-state index in [0.717, 1.165) is 12.0 Å². The Balaban J connectivity index is 2.31. The van der Waals surface area contributed by atoms with E-state index in [0.29, 0.717) is 0 Å². The second-order valence-electron chi connectivity index (χ2n) is 4.68. The lowest BCUT2D eigenvalue weighted by Gasteiger charge is -2.02. The Morgan fingerprint density at radius 2 is 1.67 bits per heavy atom. The van der Waals surface area contributed by atoms with E-state index in [1.54, 1.807) is 6.08 Å². The Morgan fingerprint density at radius 1 is 1.00 bits per heavy atom. The van der Waals surface area contributed by atoms with E-state index in [2.05, 4.69) is 19.1 Å². The Kier molecular flexibility index (Phi) is 7.46. The molecule has 0 amide bonds. The summed E-state index contributed by atoms with van der Waals surface area (Å²) in [5.74, 6) is 1.36. The van der Waals surface area contributed by atoms with Crippen LogP contribution in [0.5, 0.6) is 0 Å². The predicted molar refractivity (Wildman–Crippen MR) is 78.1 cm³/mol. The summed E-state index contributed by atoms with van der Waals surface area (Å²) in [6, 6.07) is 8.26. The summed E-state index contributed by atoms with van der Waals surface area (Å²) in [5, 5.41) is 17.4. The summed E-state index contributed by atoms with van der Waals surface area (Å²) < 4.78 is 0. The minimum absolute atomic E-state index is 0.998. The molecule has 0 aromatic heterocycles. The zero-order valence-corrected chi connectivity index (χ0v) is 11.2. The third-order valence-corrected chi connectivity index (χ3v) is 3.01. The molecule has 1 rings (SSSR count). The number of aryl methyl sites for hydroxylation is 1. The zero-order chi connectivity index (χ0) is 13.2. The van der Waals surface area contributed by atoms with Crippen LogP contribution in [0.25, 0.3) is 6.08 Å². The van der Waals surface area contributed by atoms with Crippen molar-refractivity contribution >= 4 is 13.2 Å². The van der Waals surface area contributed by atoms with Gasteiger partial charge in [0.15, 0.2) is 0 Å². The fourth-order valence-corrected chi connectivity index (χ4v) is 1.93. The lowest BCUT2D eigenvalue weighted by molar-refractivity contribution is 0.424. The van der Waals surface area contributed by atoms with Gasteiger partial charge in [0.1, 0.15) is 0 Å². The number of rotatable bonds is 8. The molecule has 0 spiro atoms. The first-order chi connectivity index (χ1) is 8.72. The van der Waals surface area contributed by atoms with Gasteiger partial charge < -0.3 is 10.0 Å². The van der Waals surface area contributed by atoms with Gasteiger partial charge in [0.25, 0.3) is 0 Å². The quantitative estimate of drug-likeness (QED) is 0.546. The van der Waals surface area contributed by atoms with Crippen molar-refractivity contribution in [3.8, 4) is 0 Å². The highest BCUT2D eigenvalue weighted by molar-refractivity contribution is 6.48. The van der Waals surface area contributed by atoms with Crippen molar-refractivity contribution in [2.75, 3.05) is 0 Å². The molecule has 0 radical (unpaired) electrons. The third kappa shape index (κ3) is 6.62. The van der Waals surface area contributed by atoms with E-state index < -0.39 is 7.12 Å². The monoisotopic (exact) mass is 246 g/mol. The predicted octanol–water partition coefficient (Wildman–Crippen LogP) is 3.22. The molecule has 0 aliphatic rings. The molecule has 0 heterocycles. The maximum absolute atomic E-state index is 8.72. The molecular weight excluding hydrogens is 223 g/mol. The van der Waals surface area contributed by atoms with E-state index in [4.69, 9.17) is 10.0 Å². The van der Waals surface area contributed by atoms with Gasteiger partial charge >= 0.3 is 7.12 Å². The van der Waals surface area contributed by atoms with Gasteiger partial charge in [-0.25, -0.2) is 0 Å². The van der Waals surface area contributed by atoms with E-state index >= 15 is 0 Å². The van der Waals surface area contributed by atoms with Crippen LogP contribution in [-0.4, -0.2) is 17.2 Å². The molecule has 0 unspecified atom stereocenters. The third-order valence-electron chi connectivity index (χ3n) is 3.01. The molecule has 3 heteroatoms. The van der Waals surface area contributed by atoms with Gasteiger partial charge in [-0.3, -0.25) is 0 Å². The topological polar surface area (TPSA) is 40.5 Å². The SMILES string of the molecule is CCCCCCCc1ccc(/C=C/B(O)O)cc1. The van der Waals surface area contributed by atoms with Gasteiger partial charge in [0, 0.05) is 0 Å². The van der Waals surface area contributed by atoms with Crippen LogP contribution in [0.3, 0.4) is 0 Å². The van der Waals surface area contributed by atoms with Crippen molar-refractivity contribution < 1.29 is 10.0 Å². The normalized spacial score (nSPS) is 11.1. The first-order valence-electron chi connectivity index (χ1n) is 6.85. The molecule has 0 aliphatic heterocycles. The molecule has 0 saturated heterocycles. The second-order valence-corrected chi connectivity index (χ2v) is 4.68. The van der Waals surface area contributed by atoms with Crippen LogP contribution < -0.4 is 0 Å². The van der Waals surface area contributed by atoms with Gasteiger partial charge in [0.05, 0.1) is 0 Å². The summed E-state index contributed by atoms with van der Waals surface area (Å²) in [4.78, 5) is 0. The summed E-state index contributed by atoms with van der Waals surface area (Å²) in [5.41, 5.74) is 2.35. The highest BCUT2D eigenvalue weighted by Gasteiger charge is 1.98. The highest BCUT2D eigenvalue weighted by atomic mass is 16.4. The van der Waals surface area contributed by atoms with Crippen molar-refractivity contribution in [2.45, 2.75) is 45.4 Å². The van der Waals surface area contributed by atoms with E-state index in [9.17, 15) is 0 Å². The van der Waals surface area contributed by atoms with Crippen LogP contribution in [0, 0.1) is 0 Å². The van der Waals surface area contributed by atoms with Crippen LogP contribution in [0.15, 0.2) is 30.2 Å².